The van der Waals surface area contributed by atoms with Crippen molar-refractivity contribution >= 4 is 27.8 Å². The lowest BCUT2D eigenvalue weighted by Crippen LogP contribution is -1.97. The molecule has 4 rings (SSSR count). The van der Waals surface area contributed by atoms with E-state index >= 15 is 0 Å². The molecular weight excluding hydrogens is 252 g/mol. The molecule has 0 unspecified atom stereocenters. The number of aromatic nitrogens is 5. The molecule has 20 heavy (non-hydrogen) atoms. The van der Waals surface area contributed by atoms with Crippen molar-refractivity contribution in [2.45, 2.75) is 0 Å². The van der Waals surface area contributed by atoms with Gasteiger partial charge in [-0.25, -0.2) is 14.6 Å². The first-order chi connectivity index (χ1) is 9.75. The maximum Gasteiger partial charge on any atom is 0.172 e. The molecule has 0 aliphatic carbocycles. The molecule has 4 aromatic rings. The second-order valence-corrected chi connectivity index (χ2v) is 4.65. The molecule has 2 N–H and O–H groups in total. The quantitative estimate of drug-likeness (QED) is 0.569. The molecule has 0 fully saturated rings. The number of nitrogen functional groups attached to an aromatic ring is 1. The van der Waals surface area contributed by atoms with Crippen LogP contribution in [0.1, 0.15) is 0 Å². The van der Waals surface area contributed by atoms with Gasteiger partial charge in [0.1, 0.15) is 17.5 Å². The van der Waals surface area contributed by atoms with Gasteiger partial charge in [0.25, 0.3) is 0 Å². The summed E-state index contributed by atoms with van der Waals surface area (Å²) in [6, 6.07) is 10.2. The first-order valence-corrected chi connectivity index (χ1v) is 6.25. The minimum atomic E-state index is 0.441. The van der Waals surface area contributed by atoms with Crippen LogP contribution in [-0.2, 0) is 7.05 Å². The normalized spacial score (nSPS) is 11.4. The van der Waals surface area contributed by atoms with E-state index in [4.69, 9.17) is 5.73 Å². The van der Waals surface area contributed by atoms with E-state index < -0.39 is 0 Å². The summed E-state index contributed by atoms with van der Waals surface area (Å²) in [6.07, 6.45) is 3.44. The number of nitrogens with zero attached hydrogens (tertiary/aromatic N) is 5. The molecule has 0 amide bonds. The molecule has 98 valence electrons. The maximum atomic E-state index is 6.00. The SMILES string of the molecule is Cn1nc(-n2ccc3ccccc32)c2c(N)ncnc21. The van der Waals surface area contributed by atoms with Gasteiger partial charge in [0.15, 0.2) is 11.5 Å². The lowest BCUT2D eigenvalue weighted by atomic mass is 10.2. The van der Waals surface area contributed by atoms with Crippen molar-refractivity contribution in [3.8, 4) is 5.82 Å². The minimum absolute atomic E-state index is 0.441. The van der Waals surface area contributed by atoms with Crippen molar-refractivity contribution in [3.63, 3.8) is 0 Å². The highest BCUT2D eigenvalue weighted by atomic mass is 15.3. The summed E-state index contributed by atoms with van der Waals surface area (Å²) in [5, 5.41) is 6.47. The molecular formula is C14H12N6. The summed E-state index contributed by atoms with van der Waals surface area (Å²) >= 11 is 0. The molecule has 0 atom stereocenters. The first kappa shape index (κ1) is 11.0. The van der Waals surface area contributed by atoms with E-state index in [1.807, 2.05) is 29.9 Å². The van der Waals surface area contributed by atoms with Crippen LogP contribution in [0.4, 0.5) is 5.82 Å². The van der Waals surface area contributed by atoms with Gasteiger partial charge in [0.05, 0.1) is 5.52 Å². The monoisotopic (exact) mass is 264 g/mol. The fourth-order valence-electron chi connectivity index (χ4n) is 2.53. The molecule has 0 saturated heterocycles. The van der Waals surface area contributed by atoms with Gasteiger partial charge in [-0.15, -0.1) is 0 Å². The van der Waals surface area contributed by atoms with Crippen LogP contribution in [-0.4, -0.2) is 24.3 Å². The van der Waals surface area contributed by atoms with Gasteiger partial charge in [0.2, 0.25) is 0 Å². The van der Waals surface area contributed by atoms with Crippen molar-refractivity contribution in [1.29, 1.82) is 0 Å². The summed E-state index contributed by atoms with van der Waals surface area (Å²) in [7, 11) is 1.85. The topological polar surface area (TPSA) is 74.5 Å². The number of anilines is 1. The molecule has 0 spiro atoms. The third-order valence-corrected chi connectivity index (χ3v) is 3.46. The molecule has 0 saturated carbocycles. The Kier molecular flexibility index (Phi) is 2.09. The first-order valence-electron chi connectivity index (χ1n) is 6.25. The smallest absolute Gasteiger partial charge is 0.172 e. The fourth-order valence-corrected chi connectivity index (χ4v) is 2.53. The van der Waals surface area contributed by atoms with Gasteiger partial charge in [0, 0.05) is 13.2 Å². The molecule has 3 heterocycles. The van der Waals surface area contributed by atoms with E-state index in [1.165, 1.54) is 6.33 Å². The van der Waals surface area contributed by atoms with Crippen LogP contribution >= 0.6 is 0 Å². The maximum absolute atomic E-state index is 6.00. The number of fused-ring (bicyclic) bond motifs is 2. The molecule has 6 heteroatoms. The molecule has 1 aromatic carbocycles. The highest BCUT2D eigenvalue weighted by Crippen LogP contribution is 2.27. The van der Waals surface area contributed by atoms with E-state index in [1.54, 1.807) is 4.68 Å². The largest absolute Gasteiger partial charge is 0.383 e. The van der Waals surface area contributed by atoms with Crippen molar-refractivity contribution < 1.29 is 0 Å². The fraction of sp³-hybridized carbons (Fsp3) is 0.0714. The predicted octanol–water partition coefficient (Wildman–Crippen LogP) is 1.89. The summed E-state index contributed by atoms with van der Waals surface area (Å²) in [4.78, 5) is 8.32. The average molecular weight is 264 g/mol. The van der Waals surface area contributed by atoms with Crippen LogP contribution in [0.5, 0.6) is 0 Å². The number of hydrogen-bond acceptors (Lipinski definition) is 4. The summed E-state index contributed by atoms with van der Waals surface area (Å²) < 4.78 is 3.73. The van der Waals surface area contributed by atoms with E-state index in [9.17, 15) is 0 Å². The van der Waals surface area contributed by atoms with Crippen LogP contribution in [0, 0.1) is 0 Å². The van der Waals surface area contributed by atoms with Crippen molar-refractivity contribution in [1.82, 2.24) is 24.3 Å². The van der Waals surface area contributed by atoms with Crippen LogP contribution in [0.3, 0.4) is 0 Å². The number of aryl methyl sites for hydroxylation is 1. The Bertz CT molecular complexity index is 933. The Balaban J connectivity index is 2.13. The Morgan fingerprint density at radius 2 is 1.95 bits per heavy atom. The van der Waals surface area contributed by atoms with E-state index in [2.05, 4.69) is 33.3 Å². The summed E-state index contributed by atoms with van der Waals surface area (Å²) in [5.74, 6) is 1.19. The zero-order valence-electron chi connectivity index (χ0n) is 10.9. The molecule has 0 bridgehead atoms. The van der Waals surface area contributed by atoms with Gasteiger partial charge >= 0.3 is 0 Å². The van der Waals surface area contributed by atoms with E-state index in [0.29, 0.717) is 5.82 Å². The predicted molar refractivity (Wildman–Crippen MR) is 77.5 cm³/mol. The van der Waals surface area contributed by atoms with Crippen LogP contribution in [0.25, 0.3) is 27.8 Å². The summed E-state index contributed by atoms with van der Waals surface area (Å²) in [6.45, 7) is 0. The van der Waals surface area contributed by atoms with Crippen LogP contribution in [0.15, 0.2) is 42.9 Å². The Morgan fingerprint density at radius 3 is 2.85 bits per heavy atom. The number of nitrogens with two attached hydrogens (primary N) is 1. The molecule has 3 aromatic heterocycles. The lowest BCUT2D eigenvalue weighted by Gasteiger charge is -2.02. The number of rotatable bonds is 1. The van der Waals surface area contributed by atoms with Gasteiger partial charge in [-0.05, 0) is 17.5 Å². The van der Waals surface area contributed by atoms with Crippen LogP contribution < -0.4 is 5.73 Å². The molecule has 0 aliphatic rings. The van der Waals surface area contributed by atoms with Gasteiger partial charge < -0.3 is 5.73 Å². The second-order valence-electron chi connectivity index (χ2n) is 4.65. The summed E-state index contributed by atoms with van der Waals surface area (Å²) in [5.41, 5.74) is 7.81. The van der Waals surface area contributed by atoms with Gasteiger partial charge in [-0.2, -0.15) is 5.10 Å². The molecule has 0 aliphatic heterocycles. The van der Waals surface area contributed by atoms with E-state index in [-0.39, 0.29) is 0 Å². The van der Waals surface area contributed by atoms with E-state index in [0.717, 1.165) is 27.8 Å². The zero-order valence-corrected chi connectivity index (χ0v) is 10.9. The molecule has 6 nitrogen and oxygen atoms in total. The standard InChI is InChI=1S/C14H12N6/c1-19-13-11(12(15)16-8-17-13)14(18-19)20-7-6-9-4-2-3-5-10(9)20/h2-8H,1H3,(H2,15,16,17). The van der Waals surface area contributed by atoms with Crippen molar-refractivity contribution in [3.05, 3.63) is 42.9 Å². The molecule has 0 radical (unpaired) electrons. The average Bonchev–Trinajstić information content (AvgIpc) is 3.01. The Hall–Kier alpha value is -2.89. The second kappa shape index (κ2) is 3.80. The third-order valence-electron chi connectivity index (χ3n) is 3.46. The number of benzene rings is 1. The van der Waals surface area contributed by atoms with Gasteiger partial charge in [-0.3, -0.25) is 4.57 Å². The Morgan fingerprint density at radius 1 is 1.10 bits per heavy atom. The number of para-hydroxylation sites is 1. The van der Waals surface area contributed by atoms with Crippen molar-refractivity contribution in [2.75, 3.05) is 5.73 Å². The minimum Gasteiger partial charge on any atom is -0.383 e. The van der Waals surface area contributed by atoms with Crippen molar-refractivity contribution in [2.24, 2.45) is 7.05 Å². The van der Waals surface area contributed by atoms with Gasteiger partial charge in [-0.1, -0.05) is 18.2 Å². The number of hydrogen-bond donors (Lipinski definition) is 1. The Labute approximate surface area is 114 Å². The zero-order chi connectivity index (χ0) is 13.7. The highest BCUT2D eigenvalue weighted by Gasteiger charge is 2.16. The third kappa shape index (κ3) is 1.36. The lowest BCUT2D eigenvalue weighted by molar-refractivity contribution is 0.770. The highest BCUT2D eigenvalue weighted by molar-refractivity contribution is 5.94. The van der Waals surface area contributed by atoms with Crippen LogP contribution in [0.2, 0.25) is 0 Å².